The molecule has 1 aromatic rings. The lowest BCUT2D eigenvalue weighted by Gasteiger charge is -2.04. The van der Waals surface area contributed by atoms with E-state index in [1.807, 2.05) is 19.1 Å². The summed E-state index contributed by atoms with van der Waals surface area (Å²) >= 11 is 0. The molecule has 1 amide bonds. The number of benzene rings is 1. The van der Waals surface area contributed by atoms with Crippen molar-refractivity contribution in [1.29, 1.82) is 0 Å². The molecule has 0 aromatic heterocycles. The van der Waals surface area contributed by atoms with Crippen LogP contribution in [0, 0.1) is 0 Å². The zero-order chi connectivity index (χ0) is 10.6. The highest BCUT2D eigenvalue weighted by atomic mass is 16.5. The fourth-order valence-electron chi connectivity index (χ4n) is 0.990. The van der Waals surface area contributed by atoms with E-state index in [1.54, 1.807) is 12.1 Å². The van der Waals surface area contributed by atoms with Gasteiger partial charge in [-0.05, 0) is 24.6 Å². The first-order valence-corrected chi connectivity index (χ1v) is 4.26. The standard InChI is InChI=1S/C11H13NO2/c1-8(2)9-3-5-10(6-4-9)14-7-11(12)13/h3-6H,1,7H2,2H3,(H2,12,13). The van der Waals surface area contributed by atoms with Gasteiger partial charge in [0.15, 0.2) is 6.61 Å². The summed E-state index contributed by atoms with van der Waals surface area (Å²) < 4.78 is 5.10. The molecular formula is C11H13NO2. The number of rotatable bonds is 4. The van der Waals surface area contributed by atoms with Crippen LogP contribution in [0.1, 0.15) is 12.5 Å². The molecule has 1 aromatic carbocycles. The zero-order valence-electron chi connectivity index (χ0n) is 8.12. The zero-order valence-corrected chi connectivity index (χ0v) is 8.12. The minimum Gasteiger partial charge on any atom is -0.484 e. The molecule has 2 N–H and O–H groups in total. The summed E-state index contributed by atoms with van der Waals surface area (Å²) in [5, 5.41) is 0. The van der Waals surface area contributed by atoms with Gasteiger partial charge in [0.2, 0.25) is 0 Å². The number of carbonyl (C=O) groups excluding carboxylic acids is 1. The van der Waals surface area contributed by atoms with Crippen LogP contribution >= 0.6 is 0 Å². The van der Waals surface area contributed by atoms with E-state index < -0.39 is 5.91 Å². The summed E-state index contributed by atoms with van der Waals surface area (Å²) in [4.78, 5) is 10.4. The Labute approximate surface area is 83.2 Å². The lowest BCUT2D eigenvalue weighted by molar-refractivity contribution is -0.119. The Balaban J connectivity index is 2.64. The van der Waals surface area contributed by atoms with Gasteiger partial charge in [-0.25, -0.2) is 0 Å². The number of ether oxygens (including phenoxy) is 1. The van der Waals surface area contributed by atoms with Gasteiger partial charge in [0, 0.05) is 0 Å². The highest BCUT2D eigenvalue weighted by Gasteiger charge is 1.97. The van der Waals surface area contributed by atoms with Crippen molar-refractivity contribution in [3.8, 4) is 5.75 Å². The SMILES string of the molecule is C=C(C)c1ccc(OCC(N)=O)cc1. The summed E-state index contributed by atoms with van der Waals surface area (Å²) in [6.45, 7) is 5.65. The lowest BCUT2D eigenvalue weighted by Crippen LogP contribution is -2.19. The smallest absolute Gasteiger partial charge is 0.255 e. The number of amides is 1. The van der Waals surface area contributed by atoms with E-state index in [9.17, 15) is 4.79 Å². The minimum absolute atomic E-state index is 0.0909. The fourth-order valence-corrected chi connectivity index (χ4v) is 0.990. The molecule has 0 saturated carbocycles. The fraction of sp³-hybridized carbons (Fsp3) is 0.182. The molecular weight excluding hydrogens is 178 g/mol. The van der Waals surface area contributed by atoms with Crippen molar-refractivity contribution in [2.75, 3.05) is 6.61 Å². The molecule has 0 fully saturated rings. The van der Waals surface area contributed by atoms with Crippen LogP contribution in [-0.4, -0.2) is 12.5 Å². The van der Waals surface area contributed by atoms with Gasteiger partial charge < -0.3 is 10.5 Å². The summed E-state index contributed by atoms with van der Waals surface area (Å²) in [6, 6.07) is 7.34. The Bertz CT molecular complexity index is 341. The summed E-state index contributed by atoms with van der Waals surface area (Å²) in [6.07, 6.45) is 0. The molecule has 1 rings (SSSR count). The molecule has 0 unspecified atom stereocenters. The van der Waals surface area contributed by atoms with Crippen molar-refractivity contribution < 1.29 is 9.53 Å². The second-order valence-electron chi connectivity index (χ2n) is 3.06. The van der Waals surface area contributed by atoms with Crippen LogP contribution in [0.2, 0.25) is 0 Å². The van der Waals surface area contributed by atoms with Crippen LogP contribution in [0.4, 0.5) is 0 Å². The van der Waals surface area contributed by atoms with Crippen LogP contribution in [-0.2, 0) is 4.79 Å². The van der Waals surface area contributed by atoms with Crippen molar-refractivity contribution >= 4 is 11.5 Å². The largest absolute Gasteiger partial charge is 0.484 e. The van der Waals surface area contributed by atoms with Gasteiger partial charge >= 0.3 is 0 Å². The molecule has 0 bridgehead atoms. The predicted octanol–water partition coefficient (Wildman–Crippen LogP) is 1.58. The van der Waals surface area contributed by atoms with E-state index in [1.165, 1.54) is 0 Å². The number of allylic oxidation sites excluding steroid dienone is 1. The van der Waals surface area contributed by atoms with Crippen molar-refractivity contribution in [2.45, 2.75) is 6.92 Å². The van der Waals surface area contributed by atoms with Gasteiger partial charge in [0.25, 0.3) is 5.91 Å². The van der Waals surface area contributed by atoms with Gasteiger partial charge in [-0.3, -0.25) is 4.79 Å². The van der Waals surface area contributed by atoms with Gasteiger partial charge in [-0.2, -0.15) is 0 Å². The molecule has 0 spiro atoms. The molecule has 0 atom stereocenters. The summed E-state index contributed by atoms with van der Waals surface area (Å²) in [5.41, 5.74) is 6.98. The van der Waals surface area contributed by atoms with E-state index in [0.717, 1.165) is 11.1 Å². The maximum absolute atomic E-state index is 10.4. The minimum atomic E-state index is -0.478. The van der Waals surface area contributed by atoms with Crippen LogP contribution in [0.5, 0.6) is 5.75 Å². The van der Waals surface area contributed by atoms with E-state index in [2.05, 4.69) is 6.58 Å². The Morgan fingerprint density at radius 3 is 2.43 bits per heavy atom. The van der Waals surface area contributed by atoms with Gasteiger partial charge in [-0.15, -0.1) is 0 Å². The van der Waals surface area contributed by atoms with E-state index >= 15 is 0 Å². The highest BCUT2D eigenvalue weighted by Crippen LogP contribution is 2.16. The topological polar surface area (TPSA) is 52.3 Å². The monoisotopic (exact) mass is 191 g/mol. The first-order chi connectivity index (χ1) is 6.59. The van der Waals surface area contributed by atoms with Crippen LogP contribution in [0.3, 0.4) is 0 Å². The predicted molar refractivity (Wildman–Crippen MR) is 55.8 cm³/mol. The Morgan fingerprint density at radius 2 is 2.00 bits per heavy atom. The van der Waals surface area contributed by atoms with Crippen LogP contribution in [0.25, 0.3) is 5.57 Å². The normalized spacial score (nSPS) is 9.50. The second kappa shape index (κ2) is 4.46. The number of primary amides is 1. The number of carbonyl (C=O) groups is 1. The van der Waals surface area contributed by atoms with E-state index in [0.29, 0.717) is 5.75 Å². The highest BCUT2D eigenvalue weighted by molar-refractivity contribution is 5.75. The third-order valence-electron chi connectivity index (χ3n) is 1.73. The van der Waals surface area contributed by atoms with Gasteiger partial charge in [0.05, 0.1) is 0 Å². The van der Waals surface area contributed by atoms with Crippen LogP contribution < -0.4 is 10.5 Å². The van der Waals surface area contributed by atoms with Gasteiger partial charge in [0.1, 0.15) is 5.75 Å². The van der Waals surface area contributed by atoms with Gasteiger partial charge in [-0.1, -0.05) is 24.3 Å². The third-order valence-corrected chi connectivity index (χ3v) is 1.73. The summed E-state index contributed by atoms with van der Waals surface area (Å²) in [5.74, 6) is 0.155. The Morgan fingerprint density at radius 1 is 1.43 bits per heavy atom. The number of hydrogen-bond acceptors (Lipinski definition) is 2. The van der Waals surface area contributed by atoms with Crippen molar-refractivity contribution in [3.05, 3.63) is 36.4 Å². The van der Waals surface area contributed by atoms with Crippen molar-refractivity contribution in [2.24, 2.45) is 5.73 Å². The maximum Gasteiger partial charge on any atom is 0.255 e. The molecule has 74 valence electrons. The second-order valence-corrected chi connectivity index (χ2v) is 3.06. The number of hydrogen-bond donors (Lipinski definition) is 1. The Hall–Kier alpha value is -1.77. The molecule has 0 saturated heterocycles. The molecule has 3 nitrogen and oxygen atoms in total. The molecule has 0 aliphatic rings. The molecule has 14 heavy (non-hydrogen) atoms. The molecule has 0 radical (unpaired) electrons. The summed E-state index contributed by atoms with van der Waals surface area (Å²) in [7, 11) is 0. The van der Waals surface area contributed by atoms with E-state index in [4.69, 9.17) is 10.5 Å². The average molecular weight is 191 g/mol. The average Bonchev–Trinajstić information content (AvgIpc) is 2.15. The van der Waals surface area contributed by atoms with Crippen molar-refractivity contribution in [3.63, 3.8) is 0 Å². The maximum atomic E-state index is 10.4. The number of nitrogens with two attached hydrogens (primary N) is 1. The first kappa shape index (κ1) is 10.3. The first-order valence-electron chi connectivity index (χ1n) is 4.26. The lowest BCUT2D eigenvalue weighted by atomic mass is 10.1. The molecule has 0 heterocycles. The van der Waals surface area contributed by atoms with Crippen LogP contribution in [0.15, 0.2) is 30.8 Å². The molecule has 0 aliphatic carbocycles. The van der Waals surface area contributed by atoms with Crippen molar-refractivity contribution in [1.82, 2.24) is 0 Å². The quantitative estimate of drug-likeness (QED) is 0.785. The molecule has 0 aliphatic heterocycles. The van der Waals surface area contributed by atoms with E-state index in [-0.39, 0.29) is 6.61 Å². The Kier molecular flexibility index (Phi) is 3.29. The third kappa shape index (κ3) is 2.94. The molecule has 3 heteroatoms.